The standard InChI is InChI=1S/C10H8BrClOS/c1-2-13-8-5-14-10-6(8)3-4-7(11)9(10)12/h3-5H,2H2,1H3. The summed E-state index contributed by atoms with van der Waals surface area (Å²) in [6.45, 7) is 2.66. The van der Waals surface area contributed by atoms with Gasteiger partial charge >= 0.3 is 0 Å². The molecule has 0 amide bonds. The van der Waals surface area contributed by atoms with Gasteiger partial charge in [-0.3, -0.25) is 0 Å². The van der Waals surface area contributed by atoms with E-state index in [0.29, 0.717) is 6.61 Å². The van der Waals surface area contributed by atoms with Crippen molar-refractivity contribution in [2.75, 3.05) is 6.61 Å². The van der Waals surface area contributed by atoms with Gasteiger partial charge in [-0.1, -0.05) is 11.6 Å². The van der Waals surface area contributed by atoms with Crippen LogP contribution in [0.15, 0.2) is 22.0 Å². The van der Waals surface area contributed by atoms with Crippen molar-refractivity contribution in [3.05, 3.63) is 27.0 Å². The maximum atomic E-state index is 6.15. The van der Waals surface area contributed by atoms with Gasteiger partial charge < -0.3 is 4.74 Å². The maximum Gasteiger partial charge on any atom is 0.137 e. The average molecular weight is 292 g/mol. The SMILES string of the molecule is CCOc1csc2c(Cl)c(Br)ccc12. The molecular weight excluding hydrogens is 284 g/mol. The minimum atomic E-state index is 0.680. The van der Waals surface area contributed by atoms with Crippen LogP contribution in [0.4, 0.5) is 0 Å². The Bertz CT molecular complexity index is 466. The number of halogens is 2. The van der Waals surface area contributed by atoms with E-state index in [9.17, 15) is 0 Å². The van der Waals surface area contributed by atoms with Crippen LogP contribution in [0, 0.1) is 0 Å². The van der Waals surface area contributed by atoms with E-state index in [2.05, 4.69) is 15.9 Å². The first-order valence-electron chi connectivity index (χ1n) is 4.22. The summed E-state index contributed by atoms with van der Waals surface area (Å²) in [4.78, 5) is 0. The molecule has 0 spiro atoms. The first-order chi connectivity index (χ1) is 6.74. The number of rotatable bonds is 2. The molecule has 14 heavy (non-hydrogen) atoms. The van der Waals surface area contributed by atoms with Gasteiger partial charge in [-0.05, 0) is 35.0 Å². The maximum absolute atomic E-state index is 6.15. The summed E-state index contributed by atoms with van der Waals surface area (Å²) in [7, 11) is 0. The zero-order valence-corrected chi connectivity index (χ0v) is 10.7. The van der Waals surface area contributed by atoms with E-state index < -0.39 is 0 Å². The van der Waals surface area contributed by atoms with Crippen molar-refractivity contribution in [2.45, 2.75) is 6.92 Å². The summed E-state index contributed by atoms with van der Waals surface area (Å²) in [5, 5.41) is 3.84. The van der Waals surface area contributed by atoms with Gasteiger partial charge in [0.25, 0.3) is 0 Å². The molecule has 2 aromatic rings. The first-order valence-corrected chi connectivity index (χ1v) is 6.27. The van der Waals surface area contributed by atoms with E-state index in [-0.39, 0.29) is 0 Å². The molecule has 74 valence electrons. The molecule has 4 heteroatoms. The minimum Gasteiger partial charge on any atom is -0.492 e. The molecule has 0 bridgehead atoms. The molecule has 0 aliphatic heterocycles. The Labute approximate surface area is 99.8 Å². The molecule has 0 saturated heterocycles. The van der Waals surface area contributed by atoms with E-state index in [1.807, 2.05) is 24.4 Å². The second kappa shape index (κ2) is 4.09. The van der Waals surface area contributed by atoms with Gasteiger partial charge in [0.2, 0.25) is 0 Å². The number of hydrogen-bond donors (Lipinski definition) is 0. The number of fused-ring (bicyclic) bond motifs is 1. The molecule has 1 nitrogen and oxygen atoms in total. The molecular formula is C10H8BrClOS. The van der Waals surface area contributed by atoms with Crippen LogP contribution in [0.3, 0.4) is 0 Å². The number of thiophene rings is 1. The highest BCUT2D eigenvalue weighted by atomic mass is 79.9. The Morgan fingerprint density at radius 1 is 1.50 bits per heavy atom. The van der Waals surface area contributed by atoms with Crippen molar-refractivity contribution in [1.82, 2.24) is 0 Å². The molecule has 0 aliphatic carbocycles. The van der Waals surface area contributed by atoms with Gasteiger partial charge in [0, 0.05) is 15.2 Å². The molecule has 0 aliphatic rings. The highest BCUT2D eigenvalue weighted by molar-refractivity contribution is 9.10. The molecule has 0 N–H and O–H groups in total. The second-order valence-corrected chi connectivity index (χ2v) is 4.88. The fourth-order valence-corrected chi connectivity index (χ4v) is 2.97. The number of benzene rings is 1. The second-order valence-electron chi connectivity index (χ2n) is 2.77. The zero-order valence-electron chi connectivity index (χ0n) is 7.51. The van der Waals surface area contributed by atoms with Crippen LogP contribution in [0.1, 0.15) is 6.92 Å². The molecule has 0 unspecified atom stereocenters. The van der Waals surface area contributed by atoms with Gasteiger partial charge in [-0.25, -0.2) is 0 Å². The zero-order chi connectivity index (χ0) is 10.1. The molecule has 0 atom stereocenters. The lowest BCUT2D eigenvalue weighted by Gasteiger charge is -2.01. The average Bonchev–Trinajstić information content (AvgIpc) is 2.57. The van der Waals surface area contributed by atoms with E-state index in [1.54, 1.807) is 11.3 Å². The normalized spacial score (nSPS) is 10.8. The van der Waals surface area contributed by atoms with E-state index in [1.165, 1.54) is 0 Å². The molecule has 1 aromatic heterocycles. The third-order valence-electron chi connectivity index (χ3n) is 1.90. The van der Waals surface area contributed by atoms with Crippen LogP contribution in [0.25, 0.3) is 10.1 Å². The summed E-state index contributed by atoms with van der Waals surface area (Å²) in [5.74, 6) is 0.918. The van der Waals surface area contributed by atoms with Crippen molar-refractivity contribution in [3.63, 3.8) is 0 Å². The van der Waals surface area contributed by atoms with Crippen LogP contribution >= 0.6 is 38.9 Å². The summed E-state index contributed by atoms with van der Waals surface area (Å²) < 4.78 is 7.49. The quantitative estimate of drug-likeness (QED) is 0.778. The summed E-state index contributed by atoms with van der Waals surface area (Å²) in [6.07, 6.45) is 0. The lowest BCUT2D eigenvalue weighted by atomic mass is 10.2. The van der Waals surface area contributed by atoms with Crippen LogP contribution in [-0.4, -0.2) is 6.61 Å². The van der Waals surface area contributed by atoms with Crippen LogP contribution < -0.4 is 4.74 Å². The topological polar surface area (TPSA) is 9.23 Å². The Hall–Kier alpha value is -0.250. The van der Waals surface area contributed by atoms with E-state index >= 15 is 0 Å². The van der Waals surface area contributed by atoms with Gasteiger partial charge in [-0.2, -0.15) is 0 Å². The Morgan fingerprint density at radius 3 is 3.00 bits per heavy atom. The van der Waals surface area contributed by atoms with Crippen molar-refractivity contribution in [3.8, 4) is 5.75 Å². The molecule has 0 fully saturated rings. The largest absolute Gasteiger partial charge is 0.492 e. The predicted octanol–water partition coefficient (Wildman–Crippen LogP) is 4.72. The number of ether oxygens (including phenoxy) is 1. The molecule has 0 saturated carbocycles. The predicted molar refractivity (Wildman–Crippen MR) is 65.7 cm³/mol. The highest BCUT2D eigenvalue weighted by Gasteiger charge is 2.09. The lowest BCUT2D eigenvalue weighted by Crippen LogP contribution is -1.89. The van der Waals surface area contributed by atoms with Crippen LogP contribution in [0.5, 0.6) is 5.75 Å². The highest BCUT2D eigenvalue weighted by Crippen LogP contribution is 2.40. The molecule has 0 radical (unpaired) electrons. The van der Waals surface area contributed by atoms with Crippen molar-refractivity contribution < 1.29 is 4.74 Å². The Balaban J connectivity index is 2.64. The van der Waals surface area contributed by atoms with E-state index in [4.69, 9.17) is 16.3 Å². The Morgan fingerprint density at radius 2 is 2.29 bits per heavy atom. The van der Waals surface area contributed by atoms with Crippen LogP contribution in [0.2, 0.25) is 5.02 Å². The summed E-state index contributed by atoms with van der Waals surface area (Å²) in [5.41, 5.74) is 0. The van der Waals surface area contributed by atoms with Gasteiger partial charge in [0.1, 0.15) is 5.75 Å². The molecule has 2 rings (SSSR count). The third-order valence-corrected chi connectivity index (χ3v) is 4.28. The Kier molecular flexibility index (Phi) is 3.00. The van der Waals surface area contributed by atoms with Gasteiger partial charge in [0.05, 0.1) is 16.3 Å². The van der Waals surface area contributed by atoms with Crippen molar-refractivity contribution >= 4 is 49.0 Å². The van der Waals surface area contributed by atoms with Gasteiger partial charge in [-0.15, -0.1) is 11.3 Å². The third kappa shape index (κ3) is 1.64. The van der Waals surface area contributed by atoms with E-state index in [0.717, 1.165) is 25.3 Å². The van der Waals surface area contributed by atoms with Gasteiger partial charge in [0.15, 0.2) is 0 Å². The van der Waals surface area contributed by atoms with Crippen molar-refractivity contribution in [1.29, 1.82) is 0 Å². The smallest absolute Gasteiger partial charge is 0.137 e. The van der Waals surface area contributed by atoms with Crippen LogP contribution in [-0.2, 0) is 0 Å². The number of hydrogen-bond acceptors (Lipinski definition) is 2. The summed E-state index contributed by atoms with van der Waals surface area (Å²) in [6, 6.07) is 3.96. The summed E-state index contributed by atoms with van der Waals surface area (Å²) >= 11 is 11.2. The fraction of sp³-hybridized carbons (Fsp3) is 0.200. The monoisotopic (exact) mass is 290 g/mol. The van der Waals surface area contributed by atoms with Crippen molar-refractivity contribution in [2.24, 2.45) is 0 Å². The first kappa shape index (κ1) is 10.3. The fourth-order valence-electron chi connectivity index (χ4n) is 1.28. The molecule has 1 aromatic carbocycles. The molecule has 1 heterocycles. The lowest BCUT2D eigenvalue weighted by molar-refractivity contribution is 0.345. The minimum absolute atomic E-state index is 0.680.